The third kappa shape index (κ3) is 4.06. The lowest BCUT2D eigenvalue weighted by Gasteiger charge is -2.42. The van der Waals surface area contributed by atoms with Crippen LogP contribution in [-0.4, -0.2) is 65.6 Å². The lowest BCUT2D eigenvalue weighted by molar-refractivity contribution is -0.126. The molecule has 1 unspecified atom stereocenters. The standard InChI is InChI=1S/C21H28N4O2S/c1-17-16-28-21(27)24(17)15-12-22-10-13-23(14-11-22)19-8-5-9-25(20(19)26)18-6-3-2-4-7-18/h2-4,6-7,16,19H,5,8-15H2,1H3. The molecule has 1 atom stereocenters. The fourth-order valence-electron chi connectivity index (χ4n) is 4.27. The molecule has 1 aromatic heterocycles. The second kappa shape index (κ2) is 8.59. The van der Waals surface area contributed by atoms with Crippen molar-refractivity contribution in [2.45, 2.75) is 32.4 Å². The van der Waals surface area contributed by atoms with Gasteiger partial charge in [-0.25, -0.2) is 0 Å². The van der Waals surface area contributed by atoms with Crippen molar-refractivity contribution >= 4 is 22.9 Å². The van der Waals surface area contributed by atoms with Gasteiger partial charge >= 0.3 is 4.87 Å². The largest absolute Gasteiger partial charge is 0.311 e. The molecule has 4 rings (SSSR count). The average Bonchev–Trinajstić information content (AvgIpc) is 3.05. The van der Waals surface area contributed by atoms with Gasteiger partial charge in [-0.1, -0.05) is 29.5 Å². The van der Waals surface area contributed by atoms with Crippen LogP contribution in [0.5, 0.6) is 0 Å². The molecule has 1 aromatic carbocycles. The van der Waals surface area contributed by atoms with Gasteiger partial charge < -0.3 is 9.47 Å². The van der Waals surface area contributed by atoms with E-state index in [1.807, 2.05) is 52.1 Å². The summed E-state index contributed by atoms with van der Waals surface area (Å²) in [5, 5.41) is 1.92. The number of amides is 1. The minimum Gasteiger partial charge on any atom is -0.311 e. The molecule has 150 valence electrons. The van der Waals surface area contributed by atoms with Crippen LogP contribution >= 0.6 is 11.3 Å². The topological polar surface area (TPSA) is 48.8 Å². The number of para-hydroxylation sites is 1. The van der Waals surface area contributed by atoms with Crippen LogP contribution in [0.3, 0.4) is 0 Å². The van der Waals surface area contributed by atoms with E-state index in [1.165, 1.54) is 11.3 Å². The molecule has 2 aliphatic rings. The highest BCUT2D eigenvalue weighted by atomic mass is 32.1. The van der Waals surface area contributed by atoms with Gasteiger partial charge in [-0.05, 0) is 31.9 Å². The zero-order valence-corrected chi connectivity index (χ0v) is 17.2. The molecule has 3 heterocycles. The summed E-state index contributed by atoms with van der Waals surface area (Å²) in [6.07, 6.45) is 2.00. The molecular weight excluding hydrogens is 372 g/mol. The molecule has 1 amide bonds. The monoisotopic (exact) mass is 400 g/mol. The number of rotatable bonds is 5. The number of carbonyl (C=O) groups is 1. The van der Waals surface area contributed by atoms with E-state index in [-0.39, 0.29) is 16.8 Å². The Morgan fingerprint density at radius 2 is 1.75 bits per heavy atom. The number of benzene rings is 1. The molecule has 0 bridgehead atoms. The summed E-state index contributed by atoms with van der Waals surface area (Å²) in [4.78, 5) is 31.8. The Kier molecular flexibility index (Phi) is 5.94. The SMILES string of the molecule is Cc1csc(=O)n1CCN1CCN(C2CCCN(c3ccccc3)C2=O)CC1. The van der Waals surface area contributed by atoms with Gasteiger partial charge in [0.15, 0.2) is 0 Å². The second-order valence-corrected chi connectivity index (χ2v) is 8.48. The molecule has 2 aromatic rings. The van der Waals surface area contributed by atoms with Crippen LogP contribution in [0.1, 0.15) is 18.5 Å². The van der Waals surface area contributed by atoms with E-state index in [0.717, 1.165) is 70.0 Å². The first-order valence-electron chi connectivity index (χ1n) is 10.1. The van der Waals surface area contributed by atoms with Crippen molar-refractivity contribution in [2.24, 2.45) is 0 Å². The number of aromatic nitrogens is 1. The lowest BCUT2D eigenvalue weighted by Crippen LogP contribution is -2.58. The summed E-state index contributed by atoms with van der Waals surface area (Å²) in [5.41, 5.74) is 2.05. The molecule has 28 heavy (non-hydrogen) atoms. The van der Waals surface area contributed by atoms with E-state index in [9.17, 15) is 9.59 Å². The van der Waals surface area contributed by atoms with Crippen LogP contribution in [0.15, 0.2) is 40.5 Å². The summed E-state index contributed by atoms with van der Waals surface area (Å²) < 4.78 is 1.86. The van der Waals surface area contributed by atoms with Crippen molar-refractivity contribution in [3.63, 3.8) is 0 Å². The first-order valence-corrected chi connectivity index (χ1v) is 11.0. The summed E-state index contributed by atoms with van der Waals surface area (Å²) in [7, 11) is 0. The fourth-order valence-corrected chi connectivity index (χ4v) is 5.04. The number of anilines is 1. The van der Waals surface area contributed by atoms with Gasteiger partial charge in [0.1, 0.15) is 0 Å². The number of hydrogen-bond donors (Lipinski definition) is 0. The number of thiazole rings is 1. The normalized spacial score (nSPS) is 22.0. The van der Waals surface area contributed by atoms with Crippen molar-refractivity contribution in [1.82, 2.24) is 14.4 Å². The minimum atomic E-state index is -0.00200. The number of hydrogen-bond acceptors (Lipinski definition) is 5. The van der Waals surface area contributed by atoms with Gasteiger partial charge in [-0.2, -0.15) is 0 Å². The molecule has 2 saturated heterocycles. The van der Waals surface area contributed by atoms with Gasteiger partial charge in [0.25, 0.3) is 0 Å². The minimum absolute atomic E-state index is 0.00200. The smallest absolute Gasteiger partial charge is 0.307 e. The van der Waals surface area contributed by atoms with Crippen molar-refractivity contribution in [3.05, 3.63) is 51.1 Å². The molecule has 2 fully saturated rings. The number of piperazine rings is 1. The third-order valence-electron chi connectivity index (χ3n) is 5.94. The predicted molar refractivity (Wildman–Crippen MR) is 113 cm³/mol. The van der Waals surface area contributed by atoms with Crippen LogP contribution in [0, 0.1) is 6.92 Å². The highest BCUT2D eigenvalue weighted by Crippen LogP contribution is 2.24. The molecular formula is C21H28N4O2S. The quantitative estimate of drug-likeness (QED) is 0.771. The first-order chi connectivity index (χ1) is 13.6. The Hall–Kier alpha value is -1.96. The fraction of sp³-hybridized carbons (Fsp3) is 0.524. The second-order valence-electron chi connectivity index (χ2n) is 7.66. The van der Waals surface area contributed by atoms with Crippen molar-refractivity contribution in [1.29, 1.82) is 0 Å². The molecule has 0 spiro atoms. The molecule has 0 N–H and O–H groups in total. The predicted octanol–water partition coefficient (Wildman–Crippen LogP) is 2.03. The van der Waals surface area contributed by atoms with Crippen LogP contribution in [-0.2, 0) is 11.3 Å². The van der Waals surface area contributed by atoms with E-state index in [0.29, 0.717) is 0 Å². The summed E-state index contributed by atoms with van der Waals surface area (Å²) in [6, 6.07) is 10.0. The Morgan fingerprint density at radius 3 is 2.43 bits per heavy atom. The van der Waals surface area contributed by atoms with E-state index < -0.39 is 0 Å². The third-order valence-corrected chi connectivity index (χ3v) is 6.82. The van der Waals surface area contributed by atoms with Crippen molar-refractivity contribution in [2.75, 3.05) is 44.2 Å². The van der Waals surface area contributed by atoms with E-state index in [1.54, 1.807) is 0 Å². The van der Waals surface area contributed by atoms with Crippen LogP contribution in [0.25, 0.3) is 0 Å². The highest BCUT2D eigenvalue weighted by molar-refractivity contribution is 7.07. The molecule has 0 saturated carbocycles. The van der Waals surface area contributed by atoms with E-state index in [4.69, 9.17) is 0 Å². The van der Waals surface area contributed by atoms with Gasteiger partial charge in [0.05, 0.1) is 6.04 Å². The van der Waals surface area contributed by atoms with Gasteiger partial charge in [-0.15, -0.1) is 0 Å². The Balaban J connectivity index is 1.32. The zero-order chi connectivity index (χ0) is 19.5. The zero-order valence-electron chi connectivity index (χ0n) is 16.4. The van der Waals surface area contributed by atoms with Crippen LogP contribution in [0.4, 0.5) is 5.69 Å². The number of piperidine rings is 1. The molecule has 6 nitrogen and oxygen atoms in total. The van der Waals surface area contributed by atoms with Gasteiger partial charge in [-0.3, -0.25) is 19.4 Å². The van der Waals surface area contributed by atoms with Gasteiger partial charge in [0.2, 0.25) is 5.91 Å². The maximum Gasteiger partial charge on any atom is 0.307 e. The lowest BCUT2D eigenvalue weighted by atomic mass is 10.0. The van der Waals surface area contributed by atoms with Crippen molar-refractivity contribution in [3.8, 4) is 0 Å². The Morgan fingerprint density at radius 1 is 1.00 bits per heavy atom. The Bertz CT molecular complexity index is 855. The summed E-state index contributed by atoms with van der Waals surface area (Å²) in [5.74, 6) is 0.242. The van der Waals surface area contributed by atoms with Crippen LogP contribution < -0.4 is 9.77 Å². The first kappa shape index (κ1) is 19.4. The summed E-state index contributed by atoms with van der Waals surface area (Å²) >= 11 is 1.27. The molecule has 0 radical (unpaired) electrons. The molecule has 0 aliphatic carbocycles. The molecule has 7 heteroatoms. The average molecular weight is 401 g/mol. The van der Waals surface area contributed by atoms with Crippen LogP contribution in [0.2, 0.25) is 0 Å². The highest BCUT2D eigenvalue weighted by Gasteiger charge is 2.35. The van der Waals surface area contributed by atoms with E-state index >= 15 is 0 Å². The molecule has 2 aliphatic heterocycles. The number of aryl methyl sites for hydroxylation is 1. The van der Waals surface area contributed by atoms with Crippen molar-refractivity contribution < 1.29 is 4.79 Å². The van der Waals surface area contributed by atoms with Gasteiger partial charge in [0, 0.05) is 62.6 Å². The maximum atomic E-state index is 13.1. The number of nitrogens with zero attached hydrogens (tertiary/aromatic N) is 4. The Labute approximate surface area is 170 Å². The maximum absolute atomic E-state index is 13.1. The van der Waals surface area contributed by atoms with E-state index in [2.05, 4.69) is 9.80 Å². The number of carbonyl (C=O) groups excluding carboxylic acids is 1. The summed E-state index contributed by atoms with van der Waals surface area (Å²) in [6.45, 7) is 8.17.